The highest BCUT2D eigenvalue weighted by molar-refractivity contribution is 7.92. The van der Waals surface area contributed by atoms with Crippen molar-refractivity contribution in [1.82, 2.24) is 4.98 Å². The maximum Gasteiger partial charge on any atom is 0.261 e. The number of hydrogen-bond donors (Lipinski definition) is 3. The number of hydrogen-bond acceptors (Lipinski definition) is 6. The van der Waals surface area contributed by atoms with Crippen molar-refractivity contribution in [1.29, 1.82) is 0 Å². The summed E-state index contributed by atoms with van der Waals surface area (Å²) in [6.07, 6.45) is 3.01. The number of carbonyl (C=O) groups is 1. The molecule has 0 saturated carbocycles. The van der Waals surface area contributed by atoms with Crippen molar-refractivity contribution < 1.29 is 17.6 Å². The summed E-state index contributed by atoms with van der Waals surface area (Å²) >= 11 is 0. The summed E-state index contributed by atoms with van der Waals surface area (Å²) < 4.78 is 32.6. The highest BCUT2D eigenvalue weighted by Crippen LogP contribution is 2.19. The van der Waals surface area contributed by atoms with E-state index in [9.17, 15) is 13.2 Å². The minimum absolute atomic E-state index is 0.0802. The van der Waals surface area contributed by atoms with E-state index in [1.54, 1.807) is 24.5 Å². The van der Waals surface area contributed by atoms with E-state index in [0.717, 1.165) is 5.76 Å². The third-order valence-corrected chi connectivity index (χ3v) is 4.92. The van der Waals surface area contributed by atoms with Gasteiger partial charge < -0.3 is 15.1 Å². The number of rotatable bonds is 7. The molecule has 0 saturated heterocycles. The molecule has 3 aromatic rings. The molecule has 8 nitrogen and oxygen atoms in total. The number of pyridine rings is 1. The molecule has 3 rings (SSSR count). The number of benzene rings is 1. The third-order valence-electron chi connectivity index (χ3n) is 3.52. The first-order valence-corrected chi connectivity index (χ1v) is 9.53. The van der Waals surface area contributed by atoms with E-state index < -0.39 is 10.0 Å². The van der Waals surface area contributed by atoms with E-state index in [1.165, 1.54) is 37.4 Å². The lowest BCUT2D eigenvalue weighted by Gasteiger charge is -2.10. The Labute approximate surface area is 156 Å². The van der Waals surface area contributed by atoms with Crippen LogP contribution in [0.5, 0.6) is 0 Å². The first kappa shape index (κ1) is 18.5. The van der Waals surface area contributed by atoms with Gasteiger partial charge >= 0.3 is 0 Å². The van der Waals surface area contributed by atoms with Gasteiger partial charge in [-0.25, -0.2) is 13.4 Å². The van der Waals surface area contributed by atoms with Crippen molar-refractivity contribution in [3.8, 4) is 0 Å². The molecule has 140 valence electrons. The molecule has 27 heavy (non-hydrogen) atoms. The van der Waals surface area contributed by atoms with E-state index in [-0.39, 0.29) is 10.8 Å². The van der Waals surface area contributed by atoms with Crippen LogP contribution in [0.3, 0.4) is 0 Å². The van der Waals surface area contributed by atoms with Crippen LogP contribution in [0.1, 0.15) is 12.7 Å². The van der Waals surface area contributed by atoms with E-state index >= 15 is 0 Å². The average Bonchev–Trinajstić information content (AvgIpc) is 3.14. The van der Waals surface area contributed by atoms with Gasteiger partial charge in [0.05, 0.1) is 29.6 Å². The average molecular weight is 386 g/mol. The second-order valence-electron chi connectivity index (χ2n) is 5.68. The van der Waals surface area contributed by atoms with Crippen molar-refractivity contribution in [2.45, 2.75) is 18.4 Å². The van der Waals surface area contributed by atoms with Gasteiger partial charge in [0.2, 0.25) is 5.91 Å². The molecule has 2 heterocycles. The second kappa shape index (κ2) is 7.92. The maximum absolute atomic E-state index is 12.4. The molecule has 0 spiro atoms. The molecule has 0 radical (unpaired) electrons. The summed E-state index contributed by atoms with van der Waals surface area (Å²) in [7, 11) is -3.76. The van der Waals surface area contributed by atoms with Crippen molar-refractivity contribution in [3.05, 3.63) is 66.8 Å². The third kappa shape index (κ3) is 5.08. The molecule has 0 bridgehead atoms. The highest BCUT2D eigenvalue weighted by atomic mass is 32.2. The fourth-order valence-electron chi connectivity index (χ4n) is 2.28. The first-order valence-electron chi connectivity index (χ1n) is 8.05. The summed E-state index contributed by atoms with van der Waals surface area (Å²) in [6.45, 7) is 1.86. The van der Waals surface area contributed by atoms with Crippen LogP contribution in [0.2, 0.25) is 0 Å². The molecular weight excluding hydrogens is 368 g/mol. The van der Waals surface area contributed by atoms with Crippen molar-refractivity contribution in [2.24, 2.45) is 0 Å². The topological polar surface area (TPSA) is 113 Å². The van der Waals surface area contributed by atoms with E-state index in [2.05, 4.69) is 20.3 Å². The summed E-state index contributed by atoms with van der Waals surface area (Å²) in [5.74, 6) is 1.13. The van der Waals surface area contributed by atoms with Crippen molar-refractivity contribution in [2.75, 3.05) is 15.4 Å². The molecule has 2 aromatic heterocycles. The van der Waals surface area contributed by atoms with Gasteiger partial charge in [-0.05, 0) is 48.5 Å². The second-order valence-corrected chi connectivity index (χ2v) is 7.36. The zero-order chi connectivity index (χ0) is 19.3. The monoisotopic (exact) mass is 386 g/mol. The van der Waals surface area contributed by atoms with Gasteiger partial charge in [-0.1, -0.05) is 0 Å². The molecule has 1 amide bonds. The van der Waals surface area contributed by atoms with E-state index in [1.807, 2.05) is 6.07 Å². The minimum Gasteiger partial charge on any atom is -0.467 e. The molecule has 9 heteroatoms. The molecule has 0 aliphatic rings. The summed E-state index contributed by atoms with van der Waals surface area (Å²) in [4.78, 5) is 15.3. The quantitative estimate of drug-likeness (QED) is 0.575. The maximum atomic E-state index is 12.4. The first-order chi connectivity index (χ1) is 12.9. The zero-order valence-corrected chi connectivity index (χ0v) is 15.3. The lowest BCUT2D eigenvalue weighted by atomic mass is 10.3. The van der Waals surface area contributed by atoms with E-state index in [4.69, 9.17) is 4.42 Å². The number of furan rings is 1. The Morgan fingerprint density at radius 3 is 2.41 bits per heavy atom. The van der Waals surface area contributed by atoms with Crippen LogP contribution in [0.15, 0.2) is 70.3 Å². The molecule has 0 unspecified atom stereocenters. The Kier molecular flexibility index (Phi) is 5.41. The molecular formula is C18H18N4O4S. The molecule has 1 aromatic carbocycles. The standard InChI is InChI=1S/C18H18N4O4S/c1-13(23)21-14-4-7-17(8-5-14)27(24,25)22-15-6-9-18(19-11-15)20-12-16-3-2-10-26-16/h2-11,22H,12H2,1H3,(H,19,20)(H,21,23). The number of nitrogens with one attached hydrogen (secondary N) is 3. The van der Waals surface area contributed by atoms with Crippen LogP contribution < -0.4 is 15.4 Å². The highest BCUT2D eigenvalue weighted by Gasteiger charge is 2.14. The van der Waals surface area contributed by atoms with Gasteiger partial charge in [-0.15, -0.1) is 0 Å². The van der Waals surface area contributed by atoms with Gasteiger partial charge in [0.1, 0.15) is 11.6 Å². The molecule has 0 aliphatic carbocycles. The van der Waals surface area contributed by atoms with Crippen LogP contribution in [-0.2, 0) is 21.4 Å². The Bertz CT molecular complexity index is 999. The van der Waals surface area contributed by atoms with Gasteiger partial charge in [0, 0.05) is 12.6 Å². The fraction of sp³-hybridized carbons (Fsp3) is 0.111. The predicted octanol–water partition coefficient (Wildman–Crippen LogP) is 3.05. The smallest absolute Gasteiger partial charge is 0.261 e. The number of nitrogens with zero attached hydrogens (tertiary/aromatic N) is 1. The summed E-state index contributed by atoms with van der Waals surface area (Å²) in [5.41, 5.74) is 0.861. The number of carbonyl (C=O) groups excluding carboxylic acids is 1. The lowest BCUT2D eigenvalue weighted by molar-refractivity contribution is -0.114. The van der Waals surface area contributed by atoms with Gasteiger partial charge in [-0.2, -0.15) is 0 Å². The predicted molar refractivity (Wildman–Crippen MR) is 102 cm³/mol. The fourth-order valence-corrected chi connectivity index (χ4v) is 3.33. The normalized spacial score (nSPS) is 11.0. The number of aromatic nitrogens is 1. The Balaban J connectivity index is 1.63. The molecule has 0 aliphatic heterocycles. The van der Waals surface area contributed by atoms with Crippen LogP contribution in [-0.4, -0.2) is 19.3 Å². The summed E-state index contributed by atoms with van der Waals surface area (Å²) in [6, 6.07) is 12.8. The SMILES string of the molecule is CC(=O)Nc1ccc(S(=O)(=O)Nc2ccc(NCc3ccco3)nc2)cc1. The zero-order valence-electron chi connectivity index (χ0n) is 14.5. The Morgan fingerprint density at radius 2 is 1.81 bits per heavy atom. The molecule has 0 atom stereocenters. The van der Waals surface area contributed by atoms with Crippen LogP contribution in [0.4, 0.5) is 17.2 Å². The summed E-state index contributed by atoms with van der Waals surface area (Å²) in [5, 5.41) is 5.66. The Hall–Kier alpha value is -3.33. The number of sulfonamides is 1. The molecule has 0 fully saturated rings. The number of anilines is 3. The van der Waals surface area contributed by atoms with Crippen LogP contribution >= 0.6 is 0 Å². The van der Waals surface area contributed by atoms with Crippen LogP contribution in [0, 0.1) is 0 Å². The Morgan fingerprint density at radius 1 is 1.07 bits per heavy atom. The van der Waals surface area contributed by atoms with Gasteiger partial charge in [-0.3, -0.25) is 9.52 Å². The van der Waals surface area contributed by atoms with E-state index in [0.29, 0.717) is 23.7 Å². The van der Waals surface area contributed by atoms with Gasteiger partial charge in [0.15, 0.2) is 0 Å². The molecule has 3 N–H and O–H groups in total. The van der Waals surface area contributed by atoms with Crippen LogP contribution in [0.25, 0.3) is 0 Å². The van der Waals surface area contributed by atoms with Gasteiger partial charge in [0.25, 0.3) is 10.0 Å². The van der Waals surface area contributed by atoms with Crippen molar-refractivity contribution in [3.63, 3.8) is 0 Å². The van der Waals surface area contributed by atoms with Crippen molar-refractivity contribution >= 4 is 33.1 Å². The lowest BCUT2D eigenvalue weighted by Crippen LogP contribution is -2.13. The number of amides is 1. The largest absolute Gasteiger partial charge is 0.467 e. The minimum atomic E-state index is -3.76.